The summed E-state index contributed by atoms with van der Waals surface area (Å²) in [5.74, 6) is -0.106. The Morgan fingerprint density at radius 1 is 1.26 bits per heavy atom. The summed E-state index contributed by atoms with van der Waals surface area (Å²) >= 11 is 0. The molecule has 0 aliphatic heterocycles. The summed E-state index contributed by atoms with van der Waals surface area (Å²) < 4.78 is 0. The van der Waals surface area contributed by atoms with Crippen molar-refractivity contribution in [1.29, 1.82) is 0 Å². The van der Waals surface area contributed by atoms with E-state index in [-0.39, 0.29) is 17.4 Å². The van der Waals surface area contributed by atoms with Crippen molar-refractivity contribution in [2.75, 3.05) is 6.54 Å². The minimum absolute atomic E-state index is 0.106. The molecule has 23 heavy (non-hydrogen) atoms. The second-order valence-corrected chi connectivity index (χ2v) is 5.91. The lowest BCUT2D eigenvalue weighted by Crippen LogP contribution is -2.34. The first-order chi connectivity index (χ1) is 11.1. The Balaban J connectivity index is 1.75. The third-order valence-electron chi connectivity index (χ3n) is 3.87. The Bertz CT molecular complexity index is 773. The van der Waals surface area contributed by atoms with Gasteiger partial charge in [-0.15, -0.1) is 0 Å². The molecule has 0 spiro atoms. The molecule has 1 fully saturated rings. The van der Waals surface area contributed by atoms with Gasteiger partial charge in [0.25, 0.3) is 5.91 Å². The number of nitrogens with zero attached hydrogens (tertiary/aromatic N) is 1. The summed E-state index contributed by atoms with van der Waals surface area (Å²) in [6.45, 7) is 2.34. The molecule has 3 rings (SSSR count). The SMILES string of the molecule is Cc1cc(=O)cc(C(=O)N(C/C=C/c2ccccc2)C2CC2)[nH]1. The molecule has 1 amide bonds. The van der Waals surface area contributed by atoms with Gasteiger partial charge in [-0.05, 0) is 25.3 Å². The van der Waals surface area contributed by atoms with Crippen LogP contribution in [0.4, 0.5) is 0 Å². The second-order valence-electron chi connectivity index (χ2n) is 5.91. The first-order valence-electron chi connectivity index (χ1n) is 7.87. The molecule has 1 aliphatic carbocycles. The number of carbonyl (C=O) groups is 1. The number of H-pyrrole nitrogens is 1. The molecule has 0 saturated heterocycles. The van der Waals surface area contributed by atoms with Gasteiger partial charge in [-0.1, -0.05) is 42.5 Å². The van der Waals surface area contributed by atoms with Gasteiger partial charge < -0.3 is 9.88 Å². The zero-order valence-electron chi connectivity index (χ0n) is 13.2. The van der Waals surface area contributed by atoms with Gasteiger partial charge in [0.05, 0.1) is 0 Å². The smallest absolute Gasteiger partial charge is 0.270 e. The van der Waals surface area contributed by atoms with Crippen molar-refractivity contribution in [3.8, 4) is 0 Å². The quantitative estimate of drug-likeness (QED) is 0.923. The number of nitrogens with one attached hydrogen (secondary N) is 1. The number of benzene rings is 1. The highest BCUT2D eigenvalue weighted by Gasteiger charge is 2.32. The fourth-order valence-corrected chi connectivity index (χ4v) is 2.60. The van der Waals surface area contributed by atoms with E-state index in [1.165, 1.54) is 12.1 Å². The minimum atomic E-state index is -0.139. The predicted octanol–water partition coefficient (Wildman–Crippen LogP) is 3.00. The van der Waals surface area contributed by atoms with Crippen LogP contribution in [0.1, 0.15) is 34.6 Å². The van der Waals surface area contributed by atoms with Gasteiger partial charge in [0.15, 0.2) is 5.43 Å². The maximum absolute atomic E-state index is 12.7. The number of aryl methyl sites for hydroxylation is 1. The molecular formula is C19H20N2O2. The van der Waals surface area contributed by atoms with E-state index in [0.29, 0.717) is 17.9 Å². The van der Waals surface area contributed by atoms with Crippen LogP contribution in [-0.4, -0.2) is 28.4 Å². The van der Waals surface area contributed by atoms with Crippen LogP contribution in [0.5, 0.6) is 0 Å². The monoisotopic (exact) mass is 308 g/mol. The molecule has 1 aliphatic rings. The van der Waals surface area contributed by atoms with Crippen molar-refractivity contribution in [1.82, 2.24) is 9.88 Å². The van der Waals surface area contributed by atoms with Gasteiger partial charge >= 0.3 is 0 Å². The highest BCUT2D eigenvalue weighted by atomic mass is 16.2. The predicted molar refractivity (Wildman–Crippen MR) is 91.3 cm³/mol. The largest absolute Gasteiger partial charge is 0.354 e. The lowest BCUT2D eigenvalue weighted by Gasteiger charge is -2.20. The first-order valence-corrected chi connectivity index (χ1v) is 7.87. The molecule has 4 heteroatoms. The maximum atomic E-state index is 12.7. The van der Waals surface area contributed by atoms with Crippen LogP contribution < -0.4 is 5.43 Å². The fraction of sp³-hybridized carbons (Fsp3) is 0.263. The lowest BCUT2D eigenvalue weighted by atomic mass is 10.2. The van der Waals surface area contributed by atoms with Crippen LogP contribution in [0.3, 0.4) is 0 Å². The summed E-state index contributed by atoms with van der Waals surface area (Å²) in [4.78, 5) is 29.2. The van der Waals surface area contributed by atoms with Gasteiger partial charge in [0.1, 0.15) is 5.69 Å². The van der Waals surface area contributed by atoms with E-state index < -0.39 is 0 Å². The van der Waals surface area contributed by atoms with Gasteiger partial charge in [0, 0.05) is 30.4 Å². The Hall–Kier alpha value is -2.62. The van der Waals surface area contributed by atoms with Crippen LogP contribution in [-0.2, 0) is 0 Å². The highest BCUT2D eigenvalue weighted by Crippen LogP contribution is 2.27. The van der Waals surface area contributed by atoms with E-state index in [0.717, 1.165) is 18.4 Å². The van der Waals surface area contributed by atoms with Crippen LogP contribution in [0.15, 0.2) is 53.3 Å². The number of aromatic amines is 1. The summed E-state index contributed by atoms with van der Waals surface area (Å²) in [5, 5.41) is 0. The third-order valence-corrected chi connectivity index (χ3v) is 3.87. The van der Waals surface area contributed by atoms with Gasteiger partial charge in [-0.2, -0.15) is 0 Å². The number of aromatic nitrogens is 1. The Morgan fingerprint density at radius 3 is 2.65 bits per heavy atom. The molecule has 1 aromatic carbocycles. The molecule has 0 unspecified atom stereocenters. The molecule has 0 atom stereocenters. The number of pyridine rings is 1. The van der Waals surface area contributed by atoms with Crippen molar-refractivity contribution < 1.29 is 4.79 Å². The van der Waals surface area contributed by atoms with Gasteiger partial charge in [-0.3, -0.25) is 9.59 Å². The summed E-state index contributed by atoms with van der Waals surface area (Å²) in [6.07, 6.45) is 6.07. The molecule has 0 bridgehead atoms. The molecule has 118 valence electrons. The van der Waals surface area contributed by atoms with Crippen LogP contribution >= 0.6 is 0 Å². The molecule has 1 heterocycles. The van der Waals surface area contributed by atoms with Crippen molar-refractivity contribution >= 4 is 12.0 Å². The molecule has 4 nitrogen and oxygen atoms in total. The summed E-state index contributed by atoms with van der Waals surface area (Å²) in [7, 11) is 0. The standard InChI is InChI=1S/C19H20N2O2/c1-14-12-17(22)13-18(20-14)19(23)21(16-9-10-16)11-5-8-15-6-3-2-4-7-15/h2-8,12-13,16H,9-11H2,1H3,(H,20,22)/b8-5+. The first kappa shape index (κ1) is 15.3. The molecule has 1 aromatic heterocycles. The molecular weight excluding hydrogens is 288 g/mol. The fourth-order valence-electron chi connectivity index (χ4n) is 2.60. The number of hydrogen-bond acceptors (Lipinski definition) is 2. The lowest BCUT2D eigenvalue weighted by molar-refractivity contribution is 0.0756. The number of hydrogen-bond donors (Lipinski definition) is 1. The zero-order valence-corrected chi connectivity index (χ0v) is 13.2. The third kappa shape index (κ3) is 3.97. The van der Waals surface area contributed by atoms with Crippen molar-refractivity contribution in [2.24, 2.45) is 0 Å². The van der Waals surface area contributed by atoms with Crippen LogP contribution in [0, 0.1) is 6.92 Å². The van der Waals surface area contributed by atoms with E-state index in [2.05, 4.69) is 4.98 Å². The summed E-state index contributed by atoms with van der Waals surface area (Å²) in [6, 6.07) is 13.2. The van der Waals surface area contributed by atoms with E-state index in [1.54, 1.807) is 6.92 Å². The average Bonchev–Trinajstić information content (AvgIpc) is 3.36. The second kappa shape index (κ2) is 6.65. The van der Waals surface area contributed by atoms with Gasteiger partial charge in [-0.25, -0.2) is 0 Å². The number of amides is 1. The molecule has 1 N–H and O–H groups in total. The van der Waals surface area contributed by atoms with Crippen molar-refractivity contribution in [2.45, 2.75) is 25.8 Å². The number of rotatable bonds is 5. The van der Waals surface area contributed by atoms with Crippen LogP contribution in [0.25, 0.3) is 6.08 Å². The Morgan fingerprint density at radius 2 is 2.00 bits per heavy atom. The average molecular weight is 308 g/mol. The normalized spacial score (nSPS) is 14.1. The zero-order chi connectivity index (χ0) is 16.2. The minimum Gasteiger partial charge on any atom is -0.354 e. The topological polar surface area (TPSA) is 53.2 Å². The summed E-state index contributed by atoms with van der Waals surface area (Å²) in [5.41, 5.74) is 2.05. The maximum Gasteiger partial charge on any atom is 0.270 e. The molecule has 2 aromatic rings. The van der Waals surface area contributed by atoms with Crippen molar-refractivity contribution in [3.05, 3.63) is 75.7 Å². The van der Waals surface area contributed by atoms with E-state index in [4.69, 9.17) is 0 Å². The molecule has 1 saturated carbocycles. The van der Waals surface area contributed by atoms with Crippen LogP contribution in [0.2, 0.25) is 0 Å². The van der Waals surface area contributed by atoms with Gasteiger partial charge in [0.2, 0.25) is 0 Å². The highest BCUT2D eigenvalue weighted by molar-refractivity contribution is 5.93. The van der Waals surface area contributed by atoms with E-state index >= 15 is 0 Å². The Kier molecular flexibility index (Phi) is 4.42. The number of carbonyl (C=O) groups excluding carboxylic acids is 1. The van der Waals surface area contributed by atoms with E-state index in [1.807, 2.05) is 47.4 Å². The van der Waals surface area contributed by atoms with E-state index in [9.17, 15) is 9.59 Å². The van der Waals surface area contributed by atoms with Crippen molar-refractivity contribution in [3.63, 3.8) is 0 Å². The molecule has 0 radical (unpaired) electrons. The Labute approximate surface area is 135 Å².